The predicted molar refractivity (Wildman–Crippen MR) is 51.3 cm³/mol. The van der Waals surface area contributed by atoms with Crippen LogP contribution in [0.15, 0.2) is 12.3 Å². The van der Waals surface area contributed by atoms with Crippen LogP contribution >= 0.6 is 0 Å². The molecule has 0 atom stereocenters. The smallest absolute Gasteiger partial charge is 0.256 e. The summed E-state index contributed by atoms with van der Waals surface area (Å²) < 4.78 is 10.7. The molecule has 0 spiro atoms. The van der Waals surface area contributed by atoms with E-state index in [1.54, 1.807) is 6.20 Å². The third kappa shape index (κ3) is 2.61. The van der Waals surface area contributed by atoms with Crippen molar-refractivity contribution in [2.45, 2.75) is 20.8 Å². The molecule has 0 bridgehead atoms. The second-order valence-corrected chi connectivity index (χ2v) is 2.68. The van der Waals surface area contributed by atoms with Gasteiger partial charge in [0.25, 0.3) is 5.88 Å². The fourth-order valence-electron chi connectivity index (χ4n) is 1.03. The molecule has 13 heavy (non-hydrogen) atoms. The summed E-state index contributed by atoms with van der Waals surface area (Å²) >= 11 is 0. The zero-order valence-corrected chi connectivity index (χ0v) is 8.33. The molecule has 1 aromatic heterocycles. The summed E-state index contributed by atoms with van der Waals surface area (Å²) in [6, 6.07) is 1.93. The Labute approximate surface area is 78.7 Å². The lowest BCUT2D eigenvalue weighted by Gasteiger charge is -2.09. The summed E-state index contributed by atoms with van der Waals surface area (Å²) in [4.78, 5) is 4.14. The second kappa shape index (κ2) is 4.70. The number of ether oxygens (including phenoxy) is 2. The highest BCUT2D eigenvalue weighted by atomic mass is 16.5. The second-order valence-electron chi connectivity index (χ2n) is 2.68. The van der Waals surface area contributed by atoms with Crippen LogP contribution in [0.2, 0.25) is 0 Å². The highest BCUT2D eigenvalue weighted by Crippen LogP contribution is 2.24. The van der Waals surface area contributed by atoms with Crippen LogP contribution in [-0.4, -0.2) is 18.2 Å². The van der Waals surface area contributed by atoms with Crippen molar-refractivity contribution < 1.29 is 9.47 Å². The van der Waals surface area contributed by atoms with Crippen LogP contribution in [0.3, 0.4) is 0 Å². The van der Waals surface area contributed by atoms with E-state index >= 15 is 0 Å². The van der Waals surface area contributed by atoms with E-state index in [1.807, 2.05) is 26.8 Å². The Kier molecular flexibility index (Phi) is 3.55. The number of hydrogen-bond donors (Lipinski definition) is 0. The standard InChI is InChI=1S/C10H15NO2/c1-4-12-9-6-8(3)7-11-10(9)13-5-2/h6-7H,4-5H2,1-3H3. The minimum atomic E-state index is 0.579. The van der Waals surface area contributed by atoms with Crippen LogP contribution in [0.1, 0.15) is 19.4 Å². The molecule has 1 aromatic rings. The topological polar surface area (TPSA) is 31.4 Å². The molecule has 0 unspecified atom stereocenters. The van der Waals surface area contributed by atoms with E-state index in [2.05, 4.69) is 4.98 Å². The van der Waals surface area contributed by atoms with Crippen molar-refractivity contribution in [2.24, 2.45) is 0 Å². The molecule has 0 saturated heterocycles. The summed E-state index contributed by atoms with van der Waals surface area (Å²) in [7, 11) is 0. The minimum Gasteiger partial charge on any atom is -0.488 e. The maximum Gasteiger partial charge on any atom is 0.256 e. The molecule has 1 rings (SSSR count). The summed E-state index contributed by atoms with van der Waals surface area (Å²) in [5.74, 6) is 1.30. The van der Waals surface area contributed by atoms with Gasteiger partial charge in [0, 0.05) is 6.20 Å². The zero-order valence-electron chi connectivity index (χ0n) is 8.33. The molecule has 1 heterocycles. The van der Waals surface area contributed by atoms with Crippen LogP contribution in [-0.2, 0) is 0 Å². The van der Waals surface area contributed by atoms with Crippen molar-refractivity contribution >= 4 is 0 Å². The van der Waals surface area contributed by atoms with Gasteiger partial charge >= 0.3 is 0 Å². The van der Waals surface area contributed by atoms with Gasteiger partial charge in [-0.15, -0.1) is 0 Å². The molecular weight excluding hydrogens is 166 g/mol. The van der Waals surface area contributed by atoms with E-state index in [-0.39, 0.29) is 0 Å². The van der Waals surface area contributed by atoms with Crippen LogP contribution < -0.4 is 9.47 Å². The quantitative estimate of drug-likeness (QED) is 0.713. The first-order valence-electron chi connectivity index (χ1n) is 4.50. The van der Waals surface area contributed by atoms with Crippen LogP contribution in [0, 0.1) is 6.92 Å². The van der Waals surface area contributed by atoms with E-state index in [4.69, 9.17) is 9.47 Å². The Hall–Kier alpha value is -1.25. The van der Waals surface area contributed by atoms with Gasteiger partial charge in [0.15, 0.2) is 5.75 Å². The predicted octanol–water partition coefficient (Wildman–Crippen LogP) is 2.19. The summed E-state index contributed by atoms with van der Waals surface area (Å²) in [5, 5.41) is 0. The van der Waals surface area contributed by atoms with Crippen molar-refractivity contribution in [3.63, 3.8) is 0 Å². The van der Waals surface area contributed by atoms with Crippen molar-refractivity contribution in [3.8, 4) is 11.6 Å². The molecule has 0 radical (unpaired) electrons. The minimum absolute atomic E-state index is 0.579. The summed E-state index contributed by atoms with van der Waals surface area (Å²) in [6.07, 6.45) is 1.77. The average Bonchev–Trinajstić information content (AvgIpc) is 2.10. The van der Waals surface area contributed by atoms with Crippen molar-refractivity contribution in [1.82, 2.24) is 4.98 Å². The molecule has 0 amide bonds. The van der Waals surface area contributed by atoms with Crippen LogP contribution in [0.5, 0.6) is 11.6 Å². The normalized spacial score (nSPS) is 9.77. The number of nitrogens with zero attached hydrogens (tertiary/aromatic N) is 1. The monoisotopic (exact) mass is 181 g/mol. The lowest BCUT2D eigenvalue weighted by atomic mass is 10.3. The molecule has 72 valence electrons. The molecule has 3 heteroatoms. The van der Waals surface area contributed by atoms with Gasteiger partial charge in [-0.05, 0) is 32.4 Å². The van der Waals surface area contributed by atoms with Gasteiger partial charge in [-0.3, -0.25) is 0 Å². The van der Waals surface area contributed by atoms with Gasteiger partial charge in [-0.1, -0.05) is 0 Å². The van der Waals surface area contributed by atoms with Gasteiger partial charge in [-0.2, -0.15) is 0 Å². The van der Waals surface area contributed by atoms with E-state index < -0.39 is 0 Å². The molecular formula is C10H15NO2. The van der Waals surface area contributed by atoms with Crippen LogP contribution in [0.4, 0.5) is 0 Å². The molecule has 0 saturated carbocycles. The van der Waals surface area contributed by atoms with Crippen molar-refractivity contribution in [1.29, 1.82) is 0 Å². The molecule has 0 aromatic carbocycles. The Morgan fingerprint density at radius 3 is 2.54 bits per heavy atom. The number of hydrogen-bond acceptors (Lipinski definition) is 3. The first-order valence-corrected chi connectivity index (χ1v) is 4.50. The Morgan fingerprint density at radius 1 is 1.23 bits per heavy atom. The third-order valence-corrected chi connectivity index (χ3v) is 1.54. The lowest BCUT2D eigenvalue weighted by Crippen LogP contribution is -2.00. The van der Waals surface area contributed by atoms with E-state index in [1.165, 1.54) is 0 Å². The third-order valence-electron chi connectivity index (χ3n) is 1.54. The largest absolute Gasteiger partial charge is 0.488 e. The fraction of sp³-hybridized carbons (Fsp3) is 0.500. The maximum atomic E-state index is 5.38. The van der Waals surface area contributed by atoms with E-state index in [0.717, 1.165) is 11.3 Å². The van der Waals surface area contributed by atoms with Gasteiger partial charge in [0.05, 0.1) is 13.2 Å². The maximum absolute atomic E-state index is 5.38. The van der Waals surface area contributed by atoms with Gasteiger partial charge in [0.2, 0.25) is 0 Å². The van der Waals surface area contributed by atoms with Crippen LogP contribution in [0.25, 0.3) is 0 Å². The van der Waals surface area contributed by atoms with Gasteiger partial charge in [-0.25, -0.2) is 4.98 Å². The first kappa shape index (κ1) is 9.84. The Morgan fingerprint density at radius 2 is 1.92 bits per heavy atom. The first-order chi connectivity index (χ1) is 6.27. The molecule has 0 aliphatic carbocycles. The highest BCUT2D eigenvalue weighted by molar-refractivity contribution is 5.35. The van der Waals surface area contributed by atoms with Gasteiger partial charge < -0.3 is 9.47 Å². The average molecular weight is 181 g/mol. The fourth-order valence-corrected chi connectivity index (χ4v) is 1.03. The van der Waals surface area contributed by atoms with Crippen molar-refractivity contribution in [3.05, 3.63) is 17.8 Å². The highest BCUT2D eigenvalue weighted by Gasteiger charge is 2.05. The lowest BCUT2D eigenvalue weighted by molar-refractivity contribution is 0.278. The zero-order chi connectivity index (χ0) is 9.68. The van der Waals surface area contributed by atoms with E-state index in [9.17, 15) is 0 Å². The number of aromatic nitrogens is 1. The molecule has 0 fully saturated rings. The Balaban J connectivity index is 2.89. The molecule has 3 nitrogen and oxygen atoms in total. The van der Waals surface area contributed by atoms with Crippen molar-refractivity contribution in [2.75, 3.05) is 13.2 Å². The summed E-state index contributed by atoms with van der Waals surface area (Å²) in [5.41, 5.74) is 1.08. The number of aryl methyl sites for hydroxylation is 1. The van der Waals surface area contributed by atoms with Gasteiger partial charge in [0.1, 0.15) is 0 Å². The Bertz CT molecular complexity index is 274. The summed E-state index contributed by atoms with van der Waals surface area (Å²) in [6.45, 7) is 7.09. The molecule has 0 aliphatic rings. The number of rotatable bonds is 4. The van der Waals surface area contributed by atoms with E-state index in [0.29, 0.717) is 19.1 Å². The molecule has 0 aliphatic heterocycles. The SMILES string of the molecule is CCOc1cc(C)cnc1OCC. The number of pyridine rings is 1. The molecule has 0 N–H and O–H groups in total.